The van der Waals surface area contributed by atoms with Crippen LogP contribution in [0.3, 0.4) is 0 Å². The normalized spacial score (nSPS) is 11.7. The molecular weight excluding hydrogens is 591 g/mol. The van der Waals surface area contributed by atoms with Gasteiger partial charge in [-0.05, 0) is 38.1 Å². The largest absolute Gasteiger partial charge is 0.792 e. The Morgan fingerprint density at radius 1 is 0.683 bits per heavy atom. The number of carbonyl (C=O) groups is 2. The number of benzene rings is 2. The Morgan fingerprint density at radius 2 is 1.12 bits per heavy atom. The number of hydrogen-bond donors (Lipinski definition) is 4. The molecule has 0 aliphatic carbocycles. The summed E-state index contributed by atoms with van der Waals surface area (Å²) in [6.07, 6.45) is 0. The molecule has 226 valence electrons. The van der Waals surface area contributed by atoms with Crippen molar-refractivity contribution in [2.45, 2.75) is 13.8 Å². The minimum atomic E-state index is -0.847. The van der Waals surface area contributed by atoms with Crippen LogP contribution in [0.4, 0.5) is 11.4 Å². The second kappa shape index (κ2) is 18.3. The maximum absolute atomic E-state index is 11.9. The van der Waals surface area contributed by atoms with E-state index in [0.717, 1.165) is 0 Å². The van der Waals surface area contributed by atoms with Gasteiger partial charge in [-0.2, -0.15) is 0 Å². The molecule has 0 bridgehead atoms. The molecule has 0 saturated heterocycles. The van der Waals surface area contributed by atoms with Crippen LogP contribution in [0.2, 0.25) is 0 Å². The van der Waals surface area contributed by atoms with Crippen molar-refractivity contribution in [3.05, 3.63) is 46.8 Å². The predicted molar refractivity (Wildman–Crippen MR) is 148 cm³/mol. The van der Waals surface area contributed by atoms with Gasteiger partial charge in [0.15, 0.2) is 5.71 Å². The Labute approximate surface area is 244 Å². The molecule has 2 aromatic carbocycles. The first-order valence-corrected chi connectivity index (χ1v) is 11.0. The molecule has 17 heteroatoms. The monoisotopic (exact) mass is 618 g/mol. The van der Waals surface area contributed by atoms with Crippen molar-refractivity contribution in [1.82, 2.24) is 0 Å². The summed E-state index contributed by atoms with van der Waals surface area (Å²) in [7, 11) is 5.84. The van der Waals surface area contributed by atoms with Crippen molar-refractivity contribution in [2.75, 3.05) is 39.1 Å². The fourth-order valence-electron chi connectivity index (χ4n) is 2.81. The maximum atomic E-state index is 11.9. The first-order chi connectivity index (χ1) is 19.1. The molecule has 41 heavy (non-hydrogen) atoms. The molecule has 0 atom stereocenters. The van der Waals surface area contributed by atoms with Crippen molar-refractivity contribution in [3.63, 3.8) is 0 Å². The van der Waals surface area contributed by atoms with Crippen LogP contribution >= 0.6 is 0 Å². The third-order valence-electron chi connectivity index (χ3n) is 4.91. The molecule has 0 saturated carbocycles. The van der Waals surface area contributed by atoms with Crippen molar-refractivity contribution < 1.29 is 55.4 Å². The number of rotatable bonds is 10. The van der Waals surface area contributed by atoms with E-state index >= 15 is 0 Å². The van der Waals surface area contributed by atoms with Crippen LogP contribution in [0.5, 0.6) is 23.0 Å². The number of hydrogen-bond acceptors (Lipinski definition) is 14. The summed E-state index contributed by atoms with van der Waals surface area (Å²) in [4.78, 5) is 23.7. The second-order valence-electron chi connectivity index (χ2n) is 7.29. The molecule has 0 fully saturated rings. The van der Waals surface area contributed by atoms with Gasteiger partial charge in [-0.3, -0.25) is 9.59 Å². The Hall–Kier alpha value is -5.05. The number of carbonyl (C=O) groups excluding carboxylic acids is 2. The van der Waals surface area contributed by atoms with E-state index in [0.29, 0.717) is 34.4 Å². The summed E-state index contributed by atoms with van der Waals surface area (Å²) in [6, 6.07) is 9.45. The number of methoxy groups -OCH3 is 4. The first kappa shape index (κ1) is 36.0. The van der Waals surface area contributed by atoms with E-state index in [1.54, 1.807) is 30.3 Å². The van der Waals surface area contributed by atoms with E-state index in [1.807, 2.05) is 0 Å². The summed E-state index contributed by atoms with van der Waals surface area (Å²) in [5.41, 5.74) is -0.769. The number of anilines is 2. The van der Waals surface area contributed by atoms with Crippen LogP contribution in [0.1, 0.15) is 13.8 Å². The SMILES string of the molecule is COc1ccc(NC(=O)C(=N\O)/C(C)=N/O)c(OC)c1.COc1ccc(NC(=O)C(=N\[O-])/C(C)=N/[O-])c(OC)c1.[Ni]. The summed E-state index contributed by atoms with van der Waals surface area (Å²) in [5.74, 6) is 0.207. The average Bonchev–Trinajstić information content (AvgIpc) is 2.98. The summed E-state index contributed by atoms with van der Waals surface area (Å²) in [5, 5.41) is 53.8. The molecular formula is C24H28N6NiO10-2. The minimum Gasteiger partial charge on any atom is -0.792 e. The fourth-order valence-corrected chi connectivity index (χ4v) is 2.81. The van der Waals surface area contributed by atoms with Crippen molar-refractivity contribution in [3.8, 4) is 23.0 Å². The second-order valence-corrected chi connectivity index (χ2v) is 7.29. The van der Waals surface area contributed by atoms with Crippen LogP contribution in [0.25, 0.3) is 0 Å². The van der Waals surface area contributed by atoms with E-state index in [-0.39, 0.29) is 27.9 Å². The van der Waals surface area contributed by atoms with Gasteiger partial charge in [-0.1, -0.05) is 10.3 Å². The van der Waals surface area contributed by atoms with E-state index in [4.69, 9.17) is 29.4 Å². The van der Waals surface area contributed by atoms with E-state index in [2.05, 4.69) is 31.3 Å². The van der Waals surface area contributed by atoms with Crippen LogP contribution < -0.4 is 29.6 Å². The molecule has 0 aliphatic heterocycles. The topological polar surface area (TPSA) is 231 Å². The number of oxime groups is 2. The molecule has 0 spiro atoms. The van der Waals surface area contributed by atoms with Gasteiger partial charge in [0.2, 0.25) is 0 Å². The molecule has 4 N–H and O–H groups in total. The zero-order valence-corrected chi connectivity index (χ0v) is 23.7. The van der Waals surface area contributed by atoms with E-state index in [1.165, 1.54) is 48.4 Å². The van der Waals surface area contributed by atoms with Crippen molar-refractivity contribution in [2.24, 2.45) is 20.6 Å². The third kappa shape index (κ3) is 10.2. The van der Waals surface area contributed by atoms with Crippen molar-refractivity contribution >= 4 is 46.0 Å². The van der Waals surface area contributed by atoms with Crippen LogP contribution in [0, 0.1) is 10.4 Å². The van der Waals surface area contributed by atoms with Gasteiger partial charge in [0.25, 0.3) is 11.8 Å². The molecule has 0 radical (unpaired) electrons. The van der Waals surface area contributed by atoms with Gasteiger partial charge in [-0.15, -0.1) is 0 Å². The average molecular weight is 619 g/mol. The van der Waals surface area contributed by atoms with Crippen molar-refractivity contribution in [1.29, 1.82) is 0 Å². The Bertz CT molecular complexity index is 1210. The van der Waals surface area contributed by atoms with E-state index in [9.17, 15) is 20.0 Å². The molecule has 2 rings (SSSR count). The molecule has 16 nitrogen and oxygen atoms in total. The predicted octanol–water partition coefficient (Wildman–Crippen LogP) is 2.86. The summed E-state index contributed by atoms with van der Waals surface area (Å²) in [6.45, 7) is 2.54. The van der Waals surface area contributed by atoms with Gasteiger partial charge in [0.05, 0.1) is 45.5 Å². The number of amides is 2. The molecule has 0 aromatic heterocycles. The number of ether oxygens (including phenoxy) is 4. The molecule has 2 aromatic rings. The molecule has 0 heterocycles. The van der Waals surface area contributed by atoms with Gasteiger partial charge in [0.1, 0.15) is 34.4 Å². The van der Waals surface area contributed by atoms with E-state index < -0.39 is 23.2 Å². The van der Waals surface area contributed by atoms with Gasteiger partial charge < -0.3 is 60.7 Å². The fraction of sp³-hybridized carbons (Fsp3) is 0.250. The Morgan fingerprint density at radius 3 is 1.44 bits per heavy atom. The molecule has 2 amide bonds. The van der Waals surface area contributed by atoms with Gasteiger partial charge in [-0.25, -0.2) is 0 Å². The third-order valence-corrected chi connectivity index (χ3v) is 4.91. The van der Waals surface area contributed by atoms with Crippen LogP contribution in [-0.4, -0.2) is 73.5 Å². The van der Waals surface area contributed by atoms with Crippen LogP contribution in [-0.2, 0) is 26.1 Å². The number of nitrogens with one attached hydrogen (secondary N) is 2. The summed E-state index contributed by atoms with van der Waals surface area (Å²) < 4.78 is 20.2. The Balaban J connectivity index is 0.000000762. The zero-order chi connectivity index (χ0) is 30.2. The Kier molecular flexibility index (Phi) is 16.0. The minimum absolute atomic E-state index is 0. The maximum Gasteiger partial charge on any atom is 0.279 e. The number of nitrogens with zero attached hydrogens (tertiary/aromatic N) is 4. The van der Waals surface area contributed by atoms with Gasteiger partial charge in [0, 0.05) is 28.6 Å². The first-order valence-electron chi connectivity index (χ1n) is 11.0. The standard InChI is InChI=1S/2C12H15N3O5.Ni/c2*1-7(14-17)11(15-18)12(16)13-9-5-4-8(19-2)6-10(9)20-3;/h2*4-6,17-18H,1-3H3,(H,13,16);/p-2/b2*14-7+,15-11-;. The zero-order valence-electron chi connectivity index (χ0n) is 22.7. The smallest absolute Gasteiger partial charge is 0.279 e. The summed E-state index contributed by atoms with van der Waals surface area (Å²) >= 11 is 0. The quantitative estimate of drug-likeness (QED) is 0.131. The van der Waals surface area contributed by atoms with Gasteiger partial charge >= 0.3 is 0 Å². The molecule has 0 unspecified atom stereocenters. The van der Waals surface area contributed by atoms with Crippen LogP contribution in [0.15, 0.2) is 57.0 Å². The molecule has 0 aliphatic rings.